The first-order valence-corrected chi connectivity index (χ1v) is 10.4. The quantitative estimate of drug-likeness (QED) is 0.766. The van der Waals surface area contributed by atoms with Gasteiger partial charge in [-0.05, 0) is 43.2 Å². The van der Waals surface area contributed by atoms with Gasteiger partial charge in [0, 0.05) is 38.1 Å². The minimum absolute atomic E-state index is 0.147. The molecule has 7 nitrogen and oxygen atoms in total. The van der Waals surface area contributed by atoms with Crippen LogP contribution in [-0.4, -0.2) is 61.8 Å². The first-order valence-electron chi connectivity index (χ1n) is 10.1. The number of nitrogens with one attached hydrogen (secondary N) is 1. The second kappa shape index (κ2) is 9.83. The van der Waals surface area contributed by atoms with Gasteiger partial charge in [-0.25, -0.2) is 0 Å². The third-order valence-electron chi connectivity index (χ3n) is 5.37. The van der Waals surface area contributed by atoms with Gasteiger partial charge in [0.15, 0.2) is 0 Å². The number of carbonyl (C=O) groups is 3. The molecule has 1 aliphatic rings. The smallest absolute Gasteiger partial charge is 0.257 e. The van der Waals surface area contributed by atoms with Crippen molar-refractivity contribution in [3.05, 3.63) is 58.6 Å². The van der Waals surface area contributed by atoms with Crippen LogP contribution in [0.2, 0.25) is 5.02 Å². The van der Waals surface area contributed by atoms with Crippen molar-refractivity contribution in [1.29, 1.82) is 0 Å². The van der Waals surface area contributed by atoms with Gasteiger partial charge >= 0.3 is 0 Å². The van der Waals surface area contributed by atoms with E-state index in [4.69, 9.17) is 16.3 Å². The molecule has 1 aliphatic heterocycles. The molecular formula is C23H26ClN3O4. The molecule has 1 N–H and O–H groups in total. The van der Waals surface area contributed by atoms with Crippen molar-refractivity contribution in [2.24, 2.45) is 5.92 Å². The third kappa shape index (κ3) is 5.17. The number of carbonyl (C=O) groups excluding carboxylic acids is 3. The number of hydrogen-bond donors (Lipinski definition) is 1. The molecule has 2 aromatic rings. The zero-order valence-corrected chi connectivity index (χ0v) is 18.6. The molecule has 0 unspecified atom stereocenters. The summed E-state index contributed by atoms with van der Waals surface area (Å²) in [6, 6.07) is 11.9. The minimum atomic E-state index is -0.243. The zero-order chi connectivity index (χ0) is 22.5. The topological polar surface area (TPSA) is 79.0 Å². The molecule has 8 heteroatoms. The highest BCUT2D eigenvalue weighted by Gasteiger charge is 2.29. The number of hydrogen-bond acceptors (Lipinski definition) is 4. The molecule has 1 saturated heterocycles. The molecule has 0 bridgehead atoms. The number of amides is 3. The van der Waals surface area contributed by atoms with Crippen LogP contribution in [0.3, 0.4) is 0 Å². The van der Waals surface area contributed by atoms with Crippen molar-refractivity contribution in [3.63, 3.8) is 0 Å². The van der Waals surface area contributed by atoms with E-state index < -0.39 is 0 Å². The van der Waals surface area contributed by atoms with E-state index in [1.807, 2.05) is 0 Å². The molecule has 3 rings (SSSR count). The van der Waals surface area contributed by atoms with E-state index in [2.05, 4.69) is 5.32 Å². The molecule has 0 aliphatic carbocycles. The van der Waals surface area contributed by atoms with E-state index in [0.29, 0.717) is 53.5 Å². The average Bonchev–Trinajstić information content (AvgIpc) is 2.78. The van der Waals surface area contributed by atoms with Crippen LogP contribution in [0.1, 0.15) is 33.6 Å². The molecule has 1 heterocycles. The van der Waals surface area contributed by atoms with Gasteiger partial charge in [-0.15, -0.1) is 0 Å². The number of halogens is 1. The highest BCUT2D eigenvalue weighted by Crippen LogP contribution is 2.27. The normalized spacial score (nSPS) is 14.1. The number of ether oxygens (including phenoxy) is 1. The number of benzene rings is 2. The third-order valence-corrected chi connectivity index (χ3v) is 5.60. The van der Waals surface area contributed by atoms with Crippen LogP contribution in [-0.2, 0) is 4.79 Å². The Morgan fingerprint density at radius 2 is 1.74 bits per heavy atom. The van der Waals surface area contributed by atoms with Crippen LogP contribution in [0, 0.1) is 5.92 Å². The number of likely N-dealkylation sites (tertiary alicyclic amines) is 1. The monoisotopic (exact) mass is 443 g/mol. The lowest BCUT2D eigenvalue weighted by Crippen LogP contribution is -2.41. The first-order chi connectivity index (χ1) is 14.8. The van der Waals surface area contributed by atoms with Gasteiger partial charge in [-0.1, -0.05) is 23.7 Å². The molecule has 0 atom stereocenters. The number of rotatable bonds is 5. The number of nitrogens with zero attached hydrogens (tertiary/aromatic N) is 2. The minimum Gasteiger partial charge on any atom is -0.496 e. The summed E-state index contributed by atoms with van der Waals surface area (Å²) in [4.78, 5) is 41.3. The van der Waals surface area contributed by atoms with Crippen LogP contribution in [0.4, 0.5) is 5.69 Å². The lowest BCUT2D eigenvalue weighted by atomic mass is 9.95. The molecule has 3 amide bonds. The Labute approximate surface area is 186 Å². The van der Waals surface area contributed by atoms with Gasteiger partial charge in [0.2, 0.25) is 5.91 Å². The molecule has 0 aromatic heterocycles. The number of anilines is 1. The highest BCUT2D eigenvalue weighted by atomic mass is 35.5. The Bertz CT molecular complexity index is 985. The molecule has 31 heavy (non-hydrogen) atoms. The van der Waals surface area contributed by atoms with Gasteiger partial charge < -0.3 is 19.9 Å². The first kappa shape index (κ1) is 22.6. The zero-order valence-electron chi connectivity index (χ0n) is 17.9. The summed E-state index contributed by atoms with van der Waals surface area (Å²) in [5.74, 6) is -0.261. The molecule has 0 spiro atoms. The number of piperidine rings is 1. The van der Waals surface area contributed by atoms with Crippen LogP contribution in [0.5, 0.6) is 5.75 Å². The number of methoxy groups -OCH3 is 1. The SMILES string of the molecule is COc1ccc(Cl)cc1C(=O)N1CCC(C(=O)Nc2ccccc2C(=O)N(C)C)CC1. The summed E-state index contributed by atoms with van der Waals surface area (Å²) in [5, 5.41) is 3.35. The van der Waals surface area contributed by atoms with Crippen molar-refractivity contribution in [2.75, 3.05) is 39.6 Å². The molecule has 0 saturated carbocycles. The summed E-state index contributed by atoms with van der Waals surface area (Å²) in [6.45, 7) is 0.899. The van der Waals surface area contributed by atoms with Crippen LogP contribution >= 0.6 is 11.6 Å². The standard InChI is InChI=1S/C23H26ClN3O4/c1-26(2)22(29)17-6-4-5-7-19(17)25-21(28)15-10-12-27(13-11-15)23(30)18-14-16(24)8-9-20(18)31-3/h4-9,14-15H,10-13H2,1-3H3,(H,25,28). The Kier molecular flexibility index (Phi) is 7.17. The fourth-order valence-electron chi connectivity index (χ4n) is 3.62. The fourth-order valence-corrected chi connectivity index (χ4v) is 3.79. The predicted octanol–water partition coefficient (Wildman–Crippen LogP) is 3.54. The van der Waals surface area contributed by atoms with Crippen molar-refractivity contribution in [2.45, 2.75) is 12.8 Å². The maximum Gasteiger partial charge on any atom is 0.257 e. The van der Waals surface area contributed by atoms with Gasteiger partial charge in [-0.3, -0.25) is 14.4 Å². The lowest BCUT2D eigenvalue weighted by Gasteiger charge is -2.32. The van der Waals surface area contributed by atoms with Gasteiger partial charge in [0.25, 0.3) is 11.8 Å². The summed E-state index contributed by atoms with van der Waals surface area (Å²) in [7, 11) is 4.85. The van der Waals surface area contributed by atoms with E-state index in [1.165, 1.54) is 12.0 Å². The summed E-state index contributed by atoms with van der Waals surface area (Å²) < 4.78 is 5.28. The predicted molar refractivity (Wildman–Crippen MR) is 120 cm³/mol. The molecule has 2 aromatic carbocycles. The van der Waals surface area contributed by atoms with Crippen molar-refractivity contribution in [1.82, 2.24) is 9.80 Å². The summed E-state index contributed by atoms with van der Waals surface area (Å²) in [6.07, 6.45) is 1.06. The summed E-state index contributed by atoms with van der Waals surface area (Å²) in [5.41, 5.74) is 1.35. The van der Waals surface area contributed by atoms with E-state index in [0.717, 1.165) is 0 Å². The lowest BCUT2D eigenvalue weighted by molar-refractivity contribution is -0.121. The maximum atomic E-state index is 12.9. The highest BCUT2D eigenvalue weighted by molar-refractivity contribution is 6.31. The second-order valence-electron chi connectivity index (χ2n) is 7.65. The van der Waals surface area contributed by atoms with Gasteiger partial charge in [0.1, 0.15) is 5.75 Å². The van der Waals surface area contributed by atoms with E-state index in [-0.39, 0.29) is 23.6 Å². The Balaban J connectivity index is 1.64. The molecule has 1 fully saturated rings. The maximum absolute atomic E-state index is 12.9. The Hall–Kier alpha value is -3.06. The van der Waals surface area contributed by atoms with Crippen LogP contribution in [0.15, 0.2) is 42.5 Å². The van der Waals surface area contributed by atoms with Crippen molar-refractivity contribution >= 4 is 35.0 Å². The van der Waals surface area contributed by atoms with E-state index in [9.17, 15) is 14.4 Å². The molecule has 0 radical (unpaired) electrons. The van der Waals surface area contributed by atoms with Gasteiger partial charge in [-0.2, -0.15) is 0 Å². The molecular weight excluding hydrogens is 418 g/mol. The van der Waals surface area contributed by atoms with Crippen LogP contribution in [0.25, 0.3) is 0 Å². The largest absolute Gasteiger partial charge is 0.496 e. The summed E-state index contributed by atoms with van der Waals surface area (Å²) >= 11 is 6.05. The fraction of sp³-hybridized carbons (Fsp3) is 0.348. The van der Waals surface area contributed by atoms with Crippen molar-refractivity contribution < 1.29 is 19.1 Å². The van der Waals surface area contributed by atoms with Crippen molar-refractivity contribution in [3.8, 4) is 5.75 Å². The second-order valence-corrected chi connectivity index (χ2v) is 8.08. The van der Waals surface area contributed by atoms with E-state index >= 15 is 0 Å². The van der Waals surface area contributed by atoms with E-state index in [1.54, 1.807) is 61.5 Å². The molecule has 164 valence electrons. The number of para-hydroxylation sites is 1. The van der Waals surface area contributed by atoms with Crippen LogP contribution < -0.4 is 10.1 Å². The Morgan fingerprint density at radius 1 is 1.06 bits per heavy atom. The Morgan fingerprint density at radius 3 is 2.39 bits per heavy atom. The average molecular weight is 444 g/mol. The van der Waals surface area contributed by atoms with Gasteiger partial charge in [0.05, 0.1) is 23.9 Å².